The number of carbonyl (C=O) groups is 1. The standard InChI is InChI=1S/C22H32N4O5S/c1-21(2,3)11-19-24-17-10-15(32(29,30)16-12-25(13-16)20(23)27)4-5-18(17)26(19)14-22(28)6-8-31-9-7-22/h4-5,10,16,28H,6-9,11-14H2,1-3H3,(H2,23,27). The Morgan fingerprint density at radius 3 is 2.53 bits per heavy atom. The van der Waals surface area contributed by atoms with Gasteiger partial charge < -0.3 is 25.0 Å². The predicted octanol–water partition coefficient (Wildman–Crippen LogP) is 1.70. The zero-order chi connectivity index (χ0) is 23.3. The Morgan fingerprint density at radius 1 is 1.28 bits per heavy atom. The van der Waals surface area contributed by atoms with Crippen molar-refractivity contribution in [2.75, 3.05) is 26.3 Å². The van der Waals surface area contributed by atoms with Crippen LogP contribution in [0.1, 0.15) is 39.4 Å². The van der Waals surface area contributed by atoms with Crippen molar-refractivity contribution in [3.05, 3.63) is 24.0 Å². The van der Waals surface area contributed by atoms with Gasteiger partial charge in [0.1, 0.15) is 11.1 Å². The fourth-order valence-corrected chi connectivity index (χ4v) is 6.00. The van der Waals surface area contributed by atoms with Gasteiger partial charge in [0.25, 0.3) is 0 Å². The number of imidazole rings is 1. The molecule has 4 rings (SSSR count). The molecule has 32 heavy (non-hydrogen) atoms. The maximum absolute atomic E-state index is 13.0. The Kier molecular flexibility index (Phi) is 5.75. The van der Waals surface area contributed by atoms with Gasteiger partial charge in [0.2, 0.25) is 0 Å². The van der Waals surface area contributed by atoms with Crippen molar-refractivity contribution >= 4 is 26.9 Å². The van der Waals surface area contributed by atoms with Crippen molar-refractivity contribution in [1.82, 2.24) is 14.5 Å². The van der Waals surface area contributed by atoms with E-state index in [1.54, 1.807) is 18.2 Å². The monoisotopic (exact) mass is 464 g/mol. The number of likely N-dealkylation sites (tertiary alicyclic amines) is 1. The maximum atomic E-state index is 13.0. The lowest BCUT2D eigenvalue weighted by atomic mass is 9.91. The number of aliphatic hydroxyl groups is 1. The highest BCUT2D eigenvalue weighted by Gasteiger charge is 2.40. The molecule has 3 N–H and O–H groups in total. The molecule has 0 aliphatic carbocycles. The van der Waals surface area contributed by atoms with E-state index in [1.807, 2.05) is 4.57 Å². The van der Waals surface area contributed by atoms with Gasteiger partial charge in [-0.3, -0.25) is 0 Å². The Bertz CT molecular complexity index is 1120. The summed E-state index contributed by atoms with van der Waals surface area (Å²) < 4.78 is 33.5. The summed E-state index contributed by atoms with van der Waals surface area (Å²) in [5, 5.41) is 10.5. The molecule has 0 bridgehead atoms. The van der Waals surface area contributed by atoms with E-state index in [2.05, 4.69) is 20.8 Å². The smallest absolute Gasteiger partial charge is 0.314 e. The number of nitrogens with zero attached hydrogens (tertiary/aromatic N) is 3. The molecule has 1 aromatic carbocycles. The summed E-state index contributed by atoms with van der Waals surface area (Å²) in [6, 6.07) is 4.36. The minimum atomic E-state index is -3.60. The van der Waals surface area contributed by atoms with E-state index in [9.17, 15) is 18.3 Å². The van der Waals surface area contributed by atoms with E-state index < -0.39 is 26.7 Å². The first-order chi connectivity index (χ1) is 14.9. The molecule has 1 aromatic heterocycles. The van der Waals surface area contributed by atoms with Gasteiger partial charge in [-0.05, 0) is 23.6 Å². The molecule has 2 aliphatic rings. The van der Waals surface area contributed by atoms with E-state index >= 15 is 0 Å². The number of rotatable bonds is 5. The van der Waals surface area contributed by atoms with E-state index in [-0.39, 0.29) is 23.4 Å². The third-order valence-corrected chi connectivity index (χ3v) is 8.38. The molecular weight excluding hydrogens is 432 g/mol. The number of primary amides is 1. The van der Waals surface area contributed by atoms with Crippen molar-refractivity contribution in [1.29, 1.82) is 0 Å². The van der Waals surface area contributed by atoms with Crippen LogP contribution in [0.25, 0.3) is 11.0 Å². The zero-order valence-corrected chi connectivity index (χ0v) is 19.7. The maximum Gasteiger partial charge on any atom is 0.314 e. The first-order valence-corrected chi connectivity index (χ1v) is 12.5. The predicted molar refractivity (Wildman–Crippen MR) is 120 cm³/mol. The van der Waals surface area contributed by atoms with Crippen molar-refractivity contribution in [3.8, 4) is 0 Å². The van der Waals surface area contributed by atoms with Crippen LogP contribution < -0.4 is 5.73 Å². The number of ether oxygens (including phenoxy) is 1. The minimum absolute atomic E-state index is 0.0313. The largest absolute Gasteiger partial charge is 0.388 e. The summed E-state index contributed by atoms with van der Waals surface area (Å²) in [6.07, 6.45) is 1.78. The van der Waals surface area contributed by atoms with Crippen LogP contribution in [-0.4, -0.2) is 71.2 Å². The van der Waals surface area contributed by atoms with Gasteiger partial charge in [0, 0.05) is 45.6 Å². The first-order valence-electron chi connectivity index (χ1n) is 11.0. The number of hydrogen-bond acceptors (Lipinski definition) is 6. The van der Waals surface area contributed by atoms with Crippen LogP contribution in [0.3, 0.4) is 0 Å². The molecule has 0 saturated carbocycles. The number of fused-ring (bicyclic) bond motifs is 1. The quantitative estimate of drug-likeness (QED) is 0.693. The Hall–Kier alpha value is -2.17. The van der Waals surface area contributed by atoms with Crippen LogP contribution in [0.15, 0.2) is 23.1 Å². The third-order valence-electron chi connectivity index (χ3n) is 6.29. The van der Waals surface area contributed by atoms with Crippen LogP contribution in [-0.2, 0) is 27.5 Å². The highest BCUT2D eigenvalue weighted by Crippen LogP contribution is 2.31. The summed E-state index contributed by atoms with van der Waals surface area (Å²) in [4.78, 5) is 17.5. The number of aromatic nitrogens is 2. The van der Waals surface area contributed by atoms with Crippen molar-refractivity contribution in [2.24, 2.45) is 11.1 Å². The van der Waals surface area contributed by atoms with Crippen LogP contribution >= 0.6 is 0 Å². The second-order valence-corrected chi connectivity index (χ2v) is 12.5. The summed E-state index contributed by atoms with van der Waals surface area (Å²) in [5.41, 5.74) is 5.70. The summed E-state index contributed by atoms with van der Waals surface area (Å²) in [6.45, 7) is 8.00. The number of urea groups is 1. The van der Waals surface area contributed by atoms with E-state index in [1.165, 1.54) is 4.90 Å². The molecule has 2 aromatic rings. The van der Waals surface area contributed by atoms with Crippen molar-refractivity contribution in [3.63, 3.8) is 0 Å². The first kappa shape index (κ1) is 23.0. The van der Waals surface area contributed by atoms with Gasteiger partial charge >= 0.3 is 6.03 Å². The molecule has 10 heteroatoms. The van der Waals surface area contributed by atoms with E-state index in [0.29, 0.717) is 44.5 Å². The molecule has 3 heterocycles. The number of nitrogens with two attached hydrogens (primary N) is 1. The molecule has 0 atom stereocenters. The highest BCUT2D eigenvalue weighted by atomic mass is 32.2. The van der Waals surface area contributed by atoms with Gasteiger partial charge in [-0.2, -0.15) is 0 Å². The number of sulfone groups is 1. The lowest BCUT2D eigenvalue weighted by Gasteiger charge is -2.37. The number of amides is 2. The van der Waals surface area contributed by atoms with Crippen LogP contribution in [0.5, 0.6) is 0 Å². The molecule has 9 nitrogen and oxygen atoms in total. The van der Waals surface area contributed by atoms with Crippen molar-refractivity contribution in [2.45, 2.75) is 62.3 Å². The molecule has 2 aliphatic heterocycles. The SMILES string of the molecule is CC(C)(C)Cc1nc2cc(S(=O)(=O)C3CN(C(N)=O)C3)ccc2n1CC1(O)CCOCC1. The average Bonchev–Trinajstić information content (AvgIpc) is 2.94. The second-order valence-electron chi connectivity index (χ2n) is 10.2. The Labute approximate surface area is 188 Å². The highest BCUT2D eigenvalue weighted by molar-refractivity contribution is 7.92. The molecule has 2 amide bonds. The van der Waals surface area contributed by atoms with Gasteiger partial charge in [-0.25, -0.2) is 18.2 Å². The number of carbonyl (C=O) groups excluding carboxylic acids is 1. The van der Waals surface area contributed by atoms with E-state index in [0.717, 1.165) is 11.3 Å². The average molecular weight is 465 g/mol. The molecule has 176 valence electrons. The Morgan fingerprint density at radius 2 is 1.94 bits per heavy atom. The van der Waals surface area contributed by atoms with Gasteiger partial charge in [0.15, 0.2) is 9.84 Å². The van der Waals surface area contributed by atoms with Gasteiger partial charge in [-0.15, -0.1) is 0 Å². The summed E-state index contributed by atoms with van der Waals surface area (Å²) in [5.74, 6) is 0.825. The van der Waals surface area contributed by atoms with Crippen molar-refractivity contribution < 1.29 is 23.1 Å². The molecule has 2 saturated heterocycles. The van der Waals surface area contributed by atoms with Gasteiger partial charge in [0.05, 0.1) is 28.1 Å². The minimum Gasteiger partial charge on any atom is -0.388 e. The topological polar surface area (TPSA) is 128 Å². The molecular formula is C22H32N4O5S. The second kappa shape index (κ2) is 8.00. The zero-order valence-electron chi connectivity index (χ0n) is 18.9. The summed E-state index contributed by atoms with van der Waals surface area (Å²) >= 11 is 0. The van der Waals surface area contributed by atoms with Gasteiger partial charge in [-0.1, -0.05) is 20.8 Å². The van der Waals surface area contributed by atoms with Crippen LogP contribution in [0.2, 0.25) is 0 Å². The van der Waals surface area contributed by atoms with E-state index in [4.69, 9.17) is 15.5 Å². The van der Waals surface area contributed by atoms with Crippen LogP contribution in [0, 0.1) is 5.41 Å². The van der Waals surface area contributed by atoms with Crippen LogP contribution in [0.4, 0.5) is 4.79 Å². The fraction of sp³-hybridized carbons (Fsp3) is 0.636. The lowest BCUT2D eigenvalue weighted by molar-refractivity contribution is -0.0727. The third kappa shape index (κ3) is 4.49. The molecule has 0 unspecified atom stereocenters. The lowest BCUT2D eigenvalue weighted by Crippen LogP contribution is -2.58. The fourth-order valence-electron chi connectivity index (χ4n) is 4.33. The normalized spacial score (nSPS) is 19.8. The molecule has 0 spiro atoms. The Balaban J connectivity index is 1.70. The molecule has 2 fully saturated rings. The molecule has 0 radical (unpaired) electrons. The number of benzene rings is 1. The number of hydrogen-bond donors (Lipinski definition) is 2. The summed E-state index contributed by atoms with van der Waals surface area (Å²) in [7, 11) is -3.60.